The van der Waals surface area contributed by atoms with Crippen molar-refractivity contribution in [2.75, 3.05) is 6.61 Å². The van der Waals surface area contributed by atoms with Gasteiger partial charge in [-0.15, -0.1) is 0 Å². The van der Waals surface area contributed by atoms with Crippen molar-refractivity contribution in [3.8, 4) is 0 Å². The minimum atomic E-state index is -3.68. The predicted octanol–water partition coefficient (Wildman–Crippen LogP) is 3.19. The molecule has 130 valence electrons. The van der Waals surface area contributed by atoms with E-state index in [1.165, 1.54) is 6.92 Å². The number of esters is 1. The average Bonchev–Trinajstić information content (AvgIpc) is 2.44. The Bertz CT molecular complexity index is 404. The molecule has 0 aliphatic heterocycles. The summed E-state index contributed by atoms with van der Waals surface area (Å²) >= 11 is 0. The van der Waals surface area contributed by atoms with Gasteiger partial charge in [0.05, 0.1) is 28.4 Å². The fourth-order valence-electron chi connectivity index (χ4n) is 2.58. The van der Waals surface area contributed by atoms with Crippen LogP contribution in [0.4, 0.5) is 8.78 Å². The highest BCUT2D eigenvalue weighted by atomic mass is 32.2. The Balaban J connectivity index is 2.99. The van der Waals surface area contributed by atoms with Gasteiger partial charge in [0.2, 0.25) is 0 Å². The molecule has 7 heteroatoms. The van der Waals surface area contributed by atoms with E-state index in [1.54, 1.807) is 20.8 Å². The van der Waals surface area contributed by atoms with Crippen LogP contribution in [0, 0.1) is 5.92 Å². The highest BCUT2D eigenvalue weighted by Gasteiger charge is 2.53. The maximum Gasteiger partial charge on any atom is 0.378 e. The number of hydrogen-bond acceptors (Lipinski definition) is 3. The number of carbonyl (C=O) groups is 1. The SMILES string of the molecule is CCOC(=O)C(F)(F)C(NS(=O)C(C)(C)C)C1CCCCC1. The normalized spacial score (nSPS) is 20.5. The zero-order valence-corrected chi connectivity index (χ0v) is 14.6. The monoisotopic (exact) mass is 339 g/mol. The molecule has 0 aromatic rings. The molecule has 2 unspecified atom stereocenters. The Labute approximate surface area is 134 Å². The summed E-state index contributed by atoms with van der Waals surface area (Å²) in [5.41, 5.74) is 0. The number of nitrogens with one attached hydrogen (secondary N) is 1. The fraction of sp³-hybridized carbons (Fsp3) is 0.933. The molecule has 22 heavy (non-hydrogen) atoms. The Hall–Kier alpha value is -0.560. The van der Waals surface area contributed by atoms with E-state index in [4.69, 9.17) is 0 Å². The van der Waals surface area contributed by atoms with Crippen molar-refractivity contribution in [3.63, 3.8) is 0 Å². The Morgan fingerprint density at radius 3 is 2.27 bits per heavy atom. The van der Waals surface area contributed by atoms with Crippen molar-refractivity contribution in [3.05, 3.63) is 0 Å². The molecule has 0 radical (unpaired) electrons. The van der Waals surface area contributed by atoms with Crippen molar-refractivity contribution in [1.29, 1.82) is 0 Å². The fourth-order valence-corrected chi connectivity index (χ4v) is 3.50. The van der Waals surface area contributed by atoms with E-state index < -0.39 is 33.7 Å². The summed E-state index contributed by atoms with van der Waals surface area (Å²) in [6.07, 6.45) is 3.92. The molecule has 0 spiro atoms. The van der Waals surface area contributed by atoms with Crippen molar-refractivity contribution < 1.29 is 22.5 Å². The van der Waals surface area contributed by atoms with Crippen molar-refractivity contribution in [1.82, 2.24) is 4.72 Å². The number of halogens is 2. The molecular formula is C15H27F2NO3S. The van der Waals surface area contributed by atoms with Crippen molar-refractivity contribution in [2.24, 2.45) is 5.92 Å². The van der Waals surface area contributed by atoms with Crippen LogP contribution >= 0.6 is 0 Å². The standard InChI is InChI=1S/C15H27F2NO3S/c1-5-21-13(19)15(16,17)12(11-9-7-6-8-10-11)18-22(20)14(2,3)4/h11-12,18H,5-10H2,1-4H3. The van der Waals surface area contributed by atoms with Crippen LogP contribution in [0.15, 0.2) is 0 Å². The molecule has 1 fully saturated rings. The number of alkyl halides is 2. The summed E-state index contributed by atoms with van der Waals surface area (Å²) in [4.78, 5) is 11.7. The number of rotatable bonds is 6. The molecule has 4 nitrogen and oxygen atoms in total. The van der Waals surface area contributed by atoms with Gasteiger partial charge < -0.3 is 4.74 Å². The smallest absolute Gasteiger partial charge is 0.378 e. The maximum atomic E-state index is 14.5. The van der Waals surface area contributed by atoms with Gasteiger partial charge in [-0.2, -0.15) is 8.78 Å². The molecule has 0 aromatic heterocycles. The first-order valence-electron chi connectivity index (χ1n) is 7.83. The molecule has 2 atom stereocenters. The second-order valence-electron chi connectivity index (χ2n) is 6.72. The van der Waals surface area contributed by atoms with Crippen LogP contribution in [-0.4, -0.2) is 33.5 Å². The largest absolute Gasteiger partial charge is 0.462 e. The lowest BCUT2D eigenvalue weighted by Gasteiger charge is -2.36. The lowest BCUT2D eigenvalue weighted by Crippen LogP contribution is -2.57. The molecule has 1 rings (SSSR count). The van der Waals surface area contributed by atoms with E-state index in [-0.39, 0.29) is 12.5 Å². The molecule has 1 N–H and O–H groups in total. The first kappa shape index (κ1) is 19.5. The van der Waals surface area contributed by atoms with Crippen LogP contribution < -0.4 is 4.72 Å². The summed E-state index contributed by atoms with van der Waals surface area (Å²) in [6, 6.07) is -1.45. The van der Waals surface area contributed by atoms with Crippen LogP contribution in [-0.2, 0) is 20.5 Å². The molecule has 1 saturated carbocycles. The quantitative estimate of drug-likeness (QED) is 0.756. The zero-order valence-electron chi connectivity index (χ0n) is 13.8. The summed E-state index contributed by atoms with van der Waals surface area (Å²) in [6.45, 7) is 6.50. The van der Waals surface area contributed by atoms with E-state index in [9.17, 15) is 17.8 Å². The van der Waals surface area contributed by atoms with Gasteiger partial charge >= 0.3 is 11.9 Å². The van der Waals surface area contributed by atoms with Crippen LogP contribution in [0.1, 0.15) is 59.8 Å². The van der Waals surface area contributed by atoms with E-state index in [0.29, 0.717) is 12.8 Å². The van der Waals surface area contributed by atoms with E-state index >= 15 is 0 Å². The summed E-state index contributed by atoms with van der Waals surface area (Å²) in [7, 11) is -1.67. The number of carbonyl (C=O) groups excluding carboxylic acids is 1. The minimum absolute atomic E-state index is 0.103. The predicted molar refractivity (Wildman–Crippen MR) is 83.0 cm³/mol. The summed E-state index contributed by atoms with van der Waals surface area (Å²) < 4.78 is 47.7. The molecule has 1 aliphatic carbocycles. The van der Waals surface area contributed by atoms with Crippen LogP contribution in [0.25, 0.3) is 0 Å². The Morgan fingerprint density at radius 2 is 1.82 bits per heavy atom. The van der Waals surface area contributed by atoms with E-state index in [0.717, 1.165) is 19.3 Å². The summed E-state index contributed by atoms with van der Waals surface area (Å²) in [5.74, 6) is -5.60. The third-order valence-electron chi connectivity index (χ3n) is 3.85. The zero-order chi connectivity index (χ0) is 17.0. The molecular weight excluding hydrogens is 312 g/mol. The molecule has 0 bridgehead atoms. The molecule has 0 aromatic carbocycles. The van der Waals surface area contributed by atoms with Gasteiger partial charge in [-0.1, -0.05) is 19.3 Å². The van der Waals surface area contributed by atoms with Crippen molar-refractivity contribution >= 4 is 17.0 Å². The highest BCUT2D eigenvalue weighted by Crippen LogP contribution is 2.35. The second kappa shape index (κ2) is 7.81. The maximum absolute atomic E-state index is 14.5. The molecule has 0 saturated heterocycles. The van der Waals surface area contributed by atoms with Gasteiger partial charge in [0.15, 0.2) is 0 Å². The topological polar surface area (TPSA) is 55.4 Å². The van der Waals surface area contributed by atoms with Crippen LogP contribution in [0.3, 0.4) is 0 Å². The first-order chi connectivity index (χ1) is 10.1. The Morgan fingerprint density at radius 1 is 1.27 bits per heavy atom. The summed E-state index contributed by atoms with van der Waals surface area (Å²) in [5, 5.41) is 0. The lowest BCUT2D eigenvalue weighted by molar-refractivity contribution is -0.177. The van der Waals surface area contributed by atoms with Crippen LogP contribution in [0.2, 0.25) is 0 Å². The van der Waals surface area contributed by atoms with Gasteiger partial charge in [0.1, 0.15) is 0 Å². The Kier molecular flexibility index (Phi) is 6.92. The molecule has 0 amide bonds. The minimum Gasteiger partial charge on any atom is -0.462 e. The van der Waals surface area contributed by atoms with Crippen LogP contribution in [0.5, 0.6) is 0 Å². The lowest BCUT2D eigenvalue weighted by atomic mass is 9.82. The second-order valence-corrected chi connectivity index (χ2v) is 8.72. The van der Waals surface area contributed by atoms with Gasteiger partial charge in [-0.05, 0) is 46.5 Å². The van der Waals surface area contributed by atoms with E-state index in [2.05, 4.69) is 9.46 Å². The molecule has 1 aliphatic rings. The van der Waals surface area contributed by atoms with E-state index in [1.807, 2.05) is 0 Å². The van der Waals surface area contributed by atoms with Gasteiger partial charge in [0, 0.05) is 0 Å². The number of ether oxygens (including phenoxy) is 1. The molecule has 0 heterocycles. The number of hydrogen-bond donors (Lipinski definition) is 1. The highest BCUT2D eigenvalue weighted by molar-refractivity contribution is 7.84. The van der Waals surface area contributed by atoms with Gasteiger partial charge in [0.25, 0.3) is 0 Å². The third kappa shape index (κ3) is 4.98. The first-order valence-corrected chi connectivity index (χ1v) is 8.98. The van der Waals surface area contributed by atoms with Gasteiger partial charge in [-0.25, -0.2) is 13.7 Å². The van der Waals surface area contributed by atoms with Gasteiger partial charge in [-0.3, -0.25) is 0 Å². The van der Waals surface area contributed by atoms with Crippen molar-refractivity contribution in [2.45, 2.75) is 76.5 Å². The average molecular weight is 339 g/mol. The third-order valence-corrected chi connectivity index (χ3v) is 5.43.